The van der Waals surface area contributed by atoms with Crippen molar-refractivity contribution in [1.29, 1.82) is 0 Å². The third-order valence-corrected chi connectivity index (χ3v) is 3.74. The minimum absolute atomic E-state index is 0.0151. The molecule has 2 aliphatic rings. The zero-order valence-corrected chi connectivity index (χ0v) is 9.93. The fourth-order valence-corrected chi connectivity index (χ4v) is 2.89. The first-order valence-corrected chi connectivity index (χ1v) is 6.23. The minimum atomic E-state index is -0.0151. The van der Waals surface area contributed by atoms with Gasteiger partial charge in [-0.05, 0) is 25.3 Å². The fraction of sp³-hybridized carbons (Fsp3) is 0.400. The molecule has 1 aliphatic carbocycles. The molecule has 1 aliphatic heterocycles. The van der Waals surface area contributed by atoms with Crippen LogP contribution < -0.4 is 0 Å². The van der Waals surface area contributed by atoms with Crippen molar-refractivity contribution in [2.75, 3.05) is 0 Å². The van der Waals surface area contributed by atoms with Crippen molar-refractivity contribution in [3.63, 3.8) is 0 Å². The lowest BCUT2D eigenvalue weighted by Crippen LogP contribution is -2.24. The van der Waals surface area contributed by atoms with Gasteiger partial charge in [-0.1, -0.05) is 30.3 Å². The van der Waals surface area contributed by atoms with E-state index in [-0.39, 0.29) is 23.7 Å². The molecule has 1 aromatic rings. The van der Waals surface area contributed by atoms with Crippen LogP contribution in [0.5, 0.6) is 0 Å². The predicted molar refractivity (Wildman–Crippen MR) is 65.5 cm³/mol. The van der Waals surface area contributed by atoms with Crippen LogP contribution in [0.25, 0.3) is 0 Å². The van der Waals surface area contributed by atoms with Gasteiger partial charge in [-0.25, -0.2) is 0 Å². The Balaban J connectivity index is 1.92. The highest BCUT2D eigenvalue weighted by atomic mass is 16.5. The van der Waals surface area contributed by atoms with Crippen LogP contribution in [0, 0.1) is 5.92 Å². The first kappa shape index (κ1) is 10.6. The van der Waals surface area contributed by atoms with Crippen molar-refractivity contribution in [1.82, 2.24) is 0 Å². The number of rotatable bonds is 1. The van der Waals surface area contributed by atoms with E-state index in [1.807, 2.05) is 30.3 Å². The van der Waals surface area contributed by atoms with Crippen LogP contribution in [-0.4, -0.2) is 11.9 Å². The summed E-state index contributed by atoms with van der Waals surface area (Å²) in [6, 6.07) is 10.0. The van der Waals surface area contributed by atoms with Gasteiger partial charge in [-0.2, -0.15) is 0 Å². The van der Waals surface area contributed by atoms with Gasteiger partial charge in [0, 0.05) is 12.0 Å². The number of hydrogen-bond acceptors (Lipinski definition) is 2. The number of hydrogen-bond donors (Lipinski definition) is 0. The van der Waals surface area contributed by atoms with Gasteiger partial charge in [0.2, 0.25) is 0 Å². The molecule has 88 valence electrons. The summed E-state index contributed by atoms with van der Waals surface area (Å²) in [6.45, 7) is 2.07. The molecular weight excluding hydrogens is 212 g/mol. The minimum Gasteiger partial charge on any atom is -0.495 e. The summed E-state index contributed by atoms with van der Waals surface area (Å²) in [4.78, 5) is 12.1. The Labute approximate surface area is 101 Å². The molecule has 0 saturated carbocycles. The summed E-state index contributed by atoms with van der Waals surface area (Å²) in [5.74, 6) is 1.35. The molecule has 3 atom stereocenters. The highest BCUT2D eigenvalue weighted by Gasteiger charge is 2.41. The van der Waals surface area contributed by atoms with Crippen LogP contribution in [-0.2, 0) is 9.53 Å². The van der Waals surface area contributed by atoms with Crippen molar-refractivity contribution in [2.24, 2.45) is 5.92 Å². The summed E-state index contributed by atoms with van der Waals surface area (Å²) in [5, 5.41) is 0. The van der Waals surface area contributed by atoms with Gasteiger partial charge in [0.25, 0.3) is 0 Å². The maximum Gasteiger partial charge on any atom is 0.167 e. The molecule has 1 saturated heterocycles. The maximum atomic E-state index is 12.1. The van der Waals surface area contributed by atoms with Gasteiger partial charge in [0.15, 0.2) is 5.78 Å². The average Bonchev–Trinajstić information content (AvgIpc) is 2.65. The normalized spacial score (nSPS) is 31.7. The molecule has 1 aromatic carbocycles. The molecular formula is C15H16O2. The van der Waals surface area contributed by atoms with Crippen LogP contribution in [0.4, 0.5) is 0 Å². The molecule has 0 amide bonds. The van der Waals surface area contributed by atoms with E-state index >= 15 is 0 Å². The van der Waals surface area contributed by atoms with E-state index < -0.39 is 0 Å². The summed E-state index contributed by atoms with van der Waals surface area (Å²) in [5.41, 5.74) is 1.12. The molecule has 2 heteroatoms. The molecule has 0 N–H and O–H groups in total. The van der Waals surface area contributed by atoms with Gasteiger partial charge >= 0.3 is 0 Å². The van der Waals surface area contributed by atoms with Crippen molar-refractivity contribution >= 4 is 5.78 Å². The van der Waals surface area contributed by atoms with Crippen molar-refractivity contribution in [3.8, 4) is 0 Å². The van der Waals surface area contributed by atoms with Crippen molar-refractivity contribution in [2.45, 2.75) is 31.8 Å². The average molecular weight is 228 g/mol. The largest absolute Gasteiger partial charge is 0.495 e. The molecule has 17 heavy (non-hydrogen) atoms. The Morgan fingerprint density at radius 1 is 1.18 bits per heavy atom. The Kier molecular flexibility index (Phi) is 2.50. The van der Waals surface area contributed by atoms with Gasteiger partial charge in [-0.15, -0.1) is 0 Å². The van der Waals surface area contributed by atoms with E-state index in [1.165, 1.54) is 0 Å². The number of ketones is 1. The van der Waals surface area contributed by atoms with E-state index in [0.717, 1.165) is 24.2 Å². The highest BCUT2D eigenvalue weighted by Crippen LogP contribution is 2.43. The molecule has 0 unspecified atom stereocenters. The Morgan fingerprint density at radius 3 is 2.71 bits per heavy atom. The van der Waals surface area contributed by atoms with Crippen LogP contribution in [0.3, 0.4) is 0 Å². The number of allylic oxidation sites excluding steroid dienone is 2. The SMILES string of the molecule is C[C@@H]1CC[C@H]2C(=CC(=O)[C@H]2c2ccccc2)O1. The third kappa shape index (κ3) is 1.78. The molecule has 0 spiro atoms. The second-order valence-electron chi connectivity index (χ2n) is 4.95. The standard InChI is InChI=1S/C15H16O2/c1-10-7-8-12-14(17-10)9-13(16)15(12)11-5-3-2-4-6-11/h2-6,9-10,12,15H,7-8H2,1H3/t10-,12+,15+/m1/s1. The lowest BCUT2D eigenvalue weighted by atomic mass is 9.83. The van der Waals surface area contributed by atoms with E-state index in [4.69, 9.17) is 4.74 Å². The monoisotopic (exact) mass is 228 g/mol. The summed E-state index contributed by atoms with van der Waals surface area (Å²) >= 11 is 0. The number of benzene rings is 1. The van der Waals surface area contributed by atoms with E-state index in [2.05, 4.69) is 6.92 Å². The number of ether oxygens (including phenoxy) is 1. The summed E-state index contributed by atoms with van der Waals surface area (Å²) < 4.78 is 5.77. The predicted octanol–water partition coefficient (Wildman–Crippen LogP) is 3.05. The maximum absolute atomic E-state index is 12.1. The molecule has 0 aromatic heterocycles. The second kappa shape index (κ2) is 4.02. The van der Waals surface area contributed by atoms with Gasteiger partial charge in [-0.3, -0.25) is 4.79 Å². The molecule has 0 bridgehead atoms. The van der Waals surface area contributed by atoms with Crippen LogP contribution in [0.15, 0.2) is 42.2 Å². The van der Waals surface area contributed by atoms with E-state index in [1.54, 1.807) is 6.08 Å². The Morgan fingerprint density at radius 2 is 1.94 bits per heavy atom. The van der Waals surface area contributed by atoms with Crippen LogP contribution in [0.1, 0.15) is 31.2 Å². The van der Waals surface area contributed by atoms with Crippen molar-refractivity contribution in [3.05, 3.63) is 47.7 Å². The van der Waals surface area contributed by atoms with Gasteiger partial charge in [0.05, 0.1) is 12.0 Å². The Hall–Kier alpha value is -1.57. The first-order chi connectivity index (χ1) is 8.25. The lowest BCUT2D eigenvalue weighted by molar-refractivity contribution is -0.116. The number of carbonyl (C=O) groups is 1. The summed E-state index contributed by atoms with van der Waals surface area (Å²) in [6.07, 6.45) is 4.05. The zero-order valence-electron chi connectivity index (χ0n) is 9.93. The highest BCUT2D eigenvalue weighted by molar-refractivity contribution is 5.99. The molecule has 2 nitrogen and oxygen atoms in total. The number of carbonyl (C=O) groups excluding carboxylic acids is 1. The van der Waals surface area contributed by atoms with Crippen LogP contribution in [0.2, 0.25) is 0 Å². The lowest BCUT2D eigenvalue weighted by Gasteiger charge is -2.30. The molecule has 0 radical (unpaired) electrons. The van der Waals surface area contributed by atoms with E-state index in [9.17, 15) is 4.79 Å². The molecule has 1 heterocycles. The van der Waals surface area contributed by atoms with Gasteiger partial charge in [0.1, 0.15) is 5.76 Å². The van der Waals surface area contributed by atoms with Crippen molar-refractivity contribution < 1.29 is 9.53 Å². The Bertz CT molecular complexity index is 461. The van der Waals surface area contributed by atoms with Gasteiger partial charge < -0.3 is 4.74 Å². The molecule has 3 rings (SSSR count). The quantitative estimate of drug-likeness (QED) is 0.738. The van der Waals surface area contributed by atoms with Crippen LogP contribution >= 0.6 is 0 Å². The number of fused-ring (bicyclic) bond motifs is 1. The third-order valence-electron chi connectivity index (χ3n) is 3.74. The smallest absolute Gasteiger partial charge is 0.167 e. The fourth-order valence-electron chi connectivity index (χ4n) is 2.89. The topological polar surface area (TPSA) is 26.3 Å². The zero-order chi connectivity index (χ0) is 11.8. The molecule has 1 fully saturated rings. The first-order valence-electron chi connectivity index (χ1n) is 6.23. The summed E-state index contributed by atoms with van der Waals surface area (Å²) in [7, 11) is 0. The second-order valence-corrected chi connectivity index (χ2v) is 4.95. The van der Waals surface area contributed by atoms with E-state index in [0.29, 0.717) is 0 Å².